The second kappa shape index (κ2) is 15.3. The van der Waals surface area contributed by atoms with E-state index >= 15 is 0 Å². The first-order valence-electron chi connectivity index (χ1n) is 17.1. The summed E-state index contributed by atoms with van der Waals surface area (Å²) in [6, 6.07) is 19.1. The van der Waals surface area contributed by atoms with Crippen LogP contribution in [0.15, 0.2) is 84.2 Å². The van der Waals surface area contributed by atoms with Crippen molar-refractivity contribution in [1.29, 1.82) is 0 Å². The summed E-state index contributed by atoms with van der Waals surface area (Å²) in [5, 5.41) is 0. The SMILES string of the molecule is [C-]#[N+]C1=C[C@@]2(c3ccccc3)C(=O)N(CCOC)CC[C@@H]2[C@@H](C)C1=O.[C-]#[N+]C1=C[C@]2(c3ccccc3)C(=O)N(CCOC)CC[C@H]2[C@H](C)C1=O. The molecule has 0 spiro atoms. The minimum Gasteiger partial charge on any atom is -0.383 e. The lowest BCUT2D eigenvalue weighted by Gasteiger charge is -2.50. The van der Waals surface area contributed by atoms with E-state index in [1.54, 1.807) is 36.2 Å². The van der Waals surface area contributed by atoms with Gasteiger partial charge in [-0.15, -0.1) is 0 Å². The Labute approximate surface area is 294 Å². The highest BCUT2D eigenvalue weighted by atomic mass is 16.5. The third kappa shape index (κ3) is 6.19. The van der Waals surface area contributed by atoms with Crippen LogP contribution in [0.5, 0.6) is 0 Å². The van der Waals surface area contributed by atoms with Gasteiger partial charge < -0.3 is 28.9 Å². The van der Waals surface area contributed by atoms with Gasteiger partial charge in [-0.1, -0.05) is 86.7 Å². The molecule has 2 heterocycles. The van der Waals surface area contributed by atoms with Gasteiger partial charge in [0.25, 0.3) is 0 Å². The third-order valence-corrected chi connectivity index (χ3v) is 11.0. The van der Waals surface area contributed by atoms with Gasteiger partial charge in [-0.3, -0.25) is 9.59 Å². The van der Waals surface area contributed by atoms with Gasteiger partial charge >= 0.3 is 0 Å². The Morgan fingerprint density at radius 3 is 1.34 bits per heavy atom. The highest BCUT2D eigenvalue weighted by Gasteiger charge is 2.57. The average molecular weight is 677 g/mol. The number of likely N-dealkylation sites (tertiary alicyclic amines) is 2. The molecule has 2 aromatic carbocycles. The normalized spacial score (nSPS) is 29.0. The number of nitrogens with zero attached hydrogens (tertiary/aromatic N) is 4. The first kappa shape index (κ1) is 36.4. The van der Waals surface area contributed by atoms with Crippen LogP contribution in [0.3, 0.4) is 0 Å². The number of benzene rings is 2. The van der Waals surface area contributed by atoms with Gasteiger partial charge in [0.05, 0.1) is 37.2 Å². The number of piperidine rings is 2. The topological polar surface area (TPSA) is 102 Å². The maximum absolute atomic E-state index is 13.5. The predicted molar refractivity (Wildman–Crippen MR) is 187 cm³/mol. The zero-order chi connectivity index (χ0) is 36.1. The zero-order valence-electron chi connectivity index (χ0n) is 29.1. The summed E-state index contributed by atoms with van der Waals surface area (Å²) in [5.41, 5.74) is -0.0229. The number of ketones is 2. The van der Waals surface area contributed by atoms with Crippen LogP contribution in [0.4, 0.5) is 0 Å². The maximum Gasteiger partial charge on any atom is 0.236 e. The van der Waals surface area contributed by atoms with Crippen molar-refractivity contribution in [3.63, 3.8) is 0 Å². The number of ether oxygens (including phenoxy) is 2. The molecule has 6 atom stereocenters. The van der Waals surface area contributed by atoms with E-state index in [1.165, 1.54) is 0 Å². The van der Waals surface area contributed by atoms with Crippen LogP contribution in [-0.4, -0.2) is 86.8 Å². The fourth-order valence-electron chi connectivity index (χ4n) is 8.39. The molecular weight excluding hydrogens is 632 g/mol. The monoisotopic (exact) mass is 676 g/mol. The van der Waals surface area contributed by atoms with E-state index in [0.717, 1.165) is 24.0 Å². The number of hydrogen-bond acceptors (Lipinski definition) is 6. The fraction of sp³-hybridized carbons (Fsp3) is 0.450. The Kier molecular flexibility index (Phi) is 11.2. The number of hydrogen-bond donors (Lipinski definition) is 0. The molecule has 0 unspecified atom stereocenters. The first-order chi connectivity index (χ1) is 24.1. The van der Waals surface area contributed by atoms with E-state index in [9.17, 15) is 19.2 Å². The molecule has 10 heteroatoms. The van der Waals surface area contributed by atoms with Crippen molar-refractivity contribution >= 4 is 23.4 Å². The summed E-state index contributed by atoms with van der Waals surface area (Å²) in [6.07, 6.45) is 4.73. The Balaban J connectivity index is 0.000000194. The van der Waals surface area contributed by atoms with Crippen molar-refractivity contribution in [3.05, 3.63) is 118 Å². The van der Waals surface area contributed by atoms with Gasteiger partial charge in [-0.05, 0) is 35.8 Å². The van der Waals surface area contributed by atoms with Crippen molar-refractivity contribution in [2.45, 2.75) is 37.5 Å². The van der Waals surface area contributed by atoms with E-state index in [-0.39, 0.29) is 58.4 Å². The minimum absolute atomic E-state index is 0.0347. The van der Waals surface area contributed by atoms with E-state index in [2.05, 4.69) is 9.69 Å². The van der Waals surface area contributed by atoms with Crippen molar-refractivity contribution in [3.8, 4) is 0 Å². The predicted octanol–water partition coefficient (Wildman–Crippen LogP) is 4.88. The number of methoxy groups -OCH3 is 2. The number of allylic oxidation sites excluding steroid dienone is 2. The lowest BCUT2D eigenvalue weighted by Crippen LogP contribution is -2.60. The summed E-state index contributed by atoms with van der Waals surface area (Å²) in [4.78, 5) is 62.5. The largest absolute Gasteiger partial charge is 0.383 e. The molecule has 10 nitrogen and oxygen atoms in total. The summed E-state index contributed by atoms with van der Waals surface area (Å²) >= 11 is 0. The van der Waals surface area contributed by atoms with E-state index in [4.69, 9.17) is 22.6 Å². The van der Waals surface area contributed by atoms with Crippen molar-refractivity contribution in [2.24, 2.45) is 23.7 Å². The summed E-state index contributed by atoms with van der Waals surface area (Å²) in [5.74, 6) is -1.31. The Morgan fingerprint density at radius 2 is 1.02 bits per heavy atom. The van der Waals surface area contributed by atoms with E-state index < -0.39 is 10.8 Å². The molecule has 2 aliphatic heterocycles. The number of carbonyl (C=O) groups is 4. The smallest absolute Gasteiger partial charge is 0.236 e. The lowest BCUT2D eigenvalue weighted by molar-refractivity contribution is -0.146. The molecule has 2 saturated heterocycles. The van der Waals surface area contributed by atoms with Crippen molar-refractivity contribution in [2.75, 3.05) is 53.6 Å². The number of rotatable bonds is 8. The molecule has 0 radical (unpaired) electrons. The highest BCUT2D eigenvalue weighted by molar-refractivity contribution is 6.05. The van der Waals surface area contributed by atoms with Crippen LogP contribution in [0, 0.1) is 36.8 Å². The van der Waals surface area contributed by atoms with E-state index in [1.807, 2.05) is 74.5 Å². The van der Waals surface area contributed by atoms with Gasteiger partial charge in [0, 0.05) is 52.2 Å². The first-order valence-corrected chi connectivity index (χ1v) is 17.1. The maximum atomic E-state index is 13.5. The summed E-state index contributed by atoms with van der Waals surface area (Å²) in [7, 11) is 3.23. The molecule has 0 N–H and O–H groups in total. The molecule has 4 aliphatic rings. The van der Waals surface area contributed by atoms with Crippen LogP contribution < -0.4 is 0 Å². The quantitative estimate of drug-likeness (QED) is 0.370. The van der Waals surface area contributed by atoms with Gasteiger partial charge in [0.2, 0.25) is 23.2 Å². The minimum atomic E-state index is -0.944. The van der Waals surface area contributed by atoms with Crippen LogP contribution in [0.25, 0.3) is 9.69 Å². The standard InChI is InChI=1S/2C20H22N2O3/c2*1-14-16-9-10-22(11-12-25-3)19(24)20(16,13-17(21-2)18(14)23)15-7-5-4-6-8-15/h2*4-8,13-14,16H,9-12H2,1,3H3/t2*14-,16-,20+/m10/s1. The number of Topliss-reactive ketones (excluding diaryl/α,β-unsaturated/α-hetero) is 2. The van der Waals surface area contributed by atoms with Gasteiger partial charge in [-0.25, -0.2) is 9.69 Å². The Morgan fingerprint density at radius 1 is 0.660 bits per heavy atom. The molecule has 260 valence electrons. The summed E-state index contributed by atoms with van der Waals surface area (Å²) in [6.45, 7) is 21.7. The van der Waals surface area contributed by atoms with Crippen molar-refractivity contribution < 1.29 is 28.7 Å². The molecule has 2 fully saturated rings. The van der Waals surface area contributed by atoms with Crippen LogP contribution in [-0.2, 0) is 39.5 Å². The highest BCUT2D eigenvalue weighted by Crippen LogP contribution is 2.50. The molecule has 0 bridgehead atoms. The summed E-state index contributed by atoms with van der Waals surface area (Å²) < 4.78 is 10.3. The molecule has 6 rings (SSSR count). The van der Waals surface area contributed by atoms with E-state index in [0.29, 0.717) is 39.4 Å². The van der Waals surface area contributed by atoms with Crippen molar-refractivity contribution in [1.82, 2.24) is 9.80 Å². The van der Waals surface area contributed by atoms with Crippen LogP contribution >= 0.6 is 0 Å². The molecule has 50 heavy (non-hydrogen) atoms. The van der Waals surface area contributed by atoms with Gasteiger partial charge in [0.1, 0.15) is 0 Å². The molecule has 0 aromatic heterocycles. The number of carbonyl (C=O) groups excluding carboxylic acids is 4. The molecule has 2 aliphatic carbocycles. The number of amides is 2. The third-order valence-electron chi connectivity index (χ3n) is 11.0. The fourth-order valence-corrected chi connectivity index (χ4v) is 8.39. The molecule has 2 aromatic rings. The Hall–Kier alpha value is -4.90. The molecule has 2 amide bonds. The average Bonchev–Trinajstić information content (AvgIpc) is 3.15. The Bertz CT molecular complexity index is 1630. The van der Waals surface area contributed by atoms with Crippen LogP contribution in [0.2, 0.25) is 0 Å². The van der Waals surface area contributed by atoms with Gasteiger partial charge in [0.15, 0.2) is 11.6 Å². The molecular formula is C40H44N4O6. The molecule has 0 saturated carbocycles. The van der Waals surface area contributed by atoms with Crippen LogP contribution in [0.1, 0.15) is 37.8 Å². The second-order valence-electron chi connectivity index (χ2n) is 13.4. The lowest BCUT2D eigenvalue weighted by atomic mass is 9.58. The number of fused-ring (bicyclic) bond motifs is 2. The zero-order valence-corrected chi connectivity index (χ0v) is 29.1. The second-order valence-corrected chi connectivity index (χ2v) is 13.4. The van der Waals surface area contributed by atoms with Gasteiger partial charge in [-0.2, -0.15) is 0 Å².